The molecule has 3 fully saturated rings. The van der Waals surface area contributed by atoms with E-state index in [1.54, 1.807) is 0 Å². The summed E-state index contributed by atoms with van der Waals surface area (Å²) in [6.07, 6.45) is 7.13. The van der Waals surface area contributed by atoms with Gasteiger partial charge in [-0.1, -0.05) is 0 Å². The molecule has 1 atom stereocenters. The lowest BCUT2D eigenvalue weighted by molar-refractivity contribution is -0.129. The lowest BCUT2D eigenvalue weighted by atomic mass is 10.0. The van der Waals surface area contributed by atoms with E-state index in [4.69, 9.17) is 0 Å². The fourth-order valence-electron chi connectivity index (χ4n) is 4.10. The molecule has 4 heterocycles. The van der Waals surface area contributed by atoms with E-state index in [2.05, 4.69) is 14.9 Å². The van der Waals surface area contributed by atoms with Gasteiger partial charge in [0.1, 0.15) is 0 Å². The van der Waals surface area contributed by atoms with Gasteiger partial charge in [0.25, 0.3) is 0 Å². The normalized spacial score (nSPS) is 25.0. The van der Waals surface area contributed by atoms with Crippen LogP contribution in [0.3, 0.4) is 0 Å². The molecule has 1 unspecified atom stereocenters. The van der Waals surface area contributed by atoms with E-state index in [-0.39, 0.29) is 17.8 Å². The summed E-state index contributed by atoms with van der Waals surface area (Å²) >= 11 is 0. The van der Waals surface area contributed by atoms with Gasteiger partial charge in [-0.2, -0.15) is 4.98 Å². The number of halogens is 1. The van der Waals surface area contributed by atoms with Crippen LogP contribution in [0.2, 0.25) is 0 Å². The summed E-state index contributed by atoms with van der Waals surface area (Å²) in [5.74, 6) is 0.940. The predicted octanol–water partition coefficient (Wildman–Crippen LogP) is 1.81. The van der Waals surface area contributed by atoms with Gasteiger partial charge in [-0.05, 0) is 32.1 Å². The van der Waals surface area contributed by atoms with Crippen LogP contribution < -0.4 is 9.80 Å². The molecule has 3 aliphatic rings. The number of nitrogens with zero attached hydrogens (tertiary/aromatic N) is 5. The van der Waals surface area contributed by atoms with Crippen LogP contribution in [0.1, 0.15) is 38.5 Å². The van der Waals surface area contributed by atoms with Crippen LogP contribution in [-0.4, -0.2) is 59.5 Å². The molecule has 6 nitrogen and oxygen atoms in total. The van der Waals surface area contributed by atoms with E-state index < -0.39 is 0 Å². The van der Waals surface area contributed by atoms with Crippen LogP contribution >= 0.6 is 0 Å². The Bertz CT molecular complexity index is 619. The van der Waals surface area contributed by atoms with Crippen molar-refractivity contribution in [2.24, 2.45) is 0 Å². The Morgan fingerprint density at radius 2 is 1.83 bits per heavy atom. The Hall–Kier alpha value is -1.92. The van der Waals surface area contributed by atoms with Crippen molar-refractivity contribution in [1.82, 2.24) is 14.9 Å². The highest BCUT2D eigenvalue weighted by Crippen LogP contribution is 2.26. The average Bonchev–Trinajstić information content (AvgIpc) is 3.27. The minimum atomic E-state index is -0.344. The smallest absolute Gasteiger partial charge is 0.227 e. The third-order valence-electron chi connectivity index (χ3n) is 5.35. The molecule has 3 aliphatic heterocycles. The van der Waals surface area contributed by atoms with E-state index in [1.807, 2.05) is 9.80 Å². The largest absolute Gasteiger partial charge is 0.354 e. The number of amides is 1. The number of anilines is 2. The molecule has 0 spiro atoms. The Morgan fingerprint density at radius 3 is 2.58 bits per heavy atom. The lowest BCUT2D eigenvalue weighted by Gasteiger charge is -2.37. The lowest BCUT2D eigenvalue weighted by Crippen LogP contribution is -2.49. The Balaban J connectivity index is 1.52. The molecular formula is C17H24FN5O. The Labute approximate surface area is 141 Å². The second kappa shape index (κ2) is 6.53. The number of aromatic nitrogens is 2. The van der Waals surface area contributed by atoms with Gasteiger partial charge in [0.05, 0.1) is 6.20 Å². The van der Waals surface area contributed by atoms with Crippen LogP contribution in [0.5, 0.6) is 0 Å². The minimum Gasteiger partial charge on any atom is -0.354 e. The Kier molecular flexibility index (Phi) is 4.24. The summed E-state index contributed by atoms with van der Waals surface area (Å²) in [6, 6.07) is 0.234. The molecule has 0 aliphatic carbocycles. The number of carbonyl (C=O) groups excluding carboxylic acids is 1. The van der Waals surface area contributed by atoms with Gasteiger partial charge in [-0.25, -0.2) is 9.37 Å². The van der Waals surface area contributed by atoms with Gasteiger partial charge >= 0.3 is 0 Å². The molecule has 0 bridgehead atoms. The van der Waals surface area contributed by atoms with E-state index in [0.29, 0.717) is 18.2 Å². The summed E-state index contributed by atoms with van der Waals surface area (Å²) in [5, 5.41) is 0. The van der Waals surface area contributed by atoms with E-state index in [1.165, 1.54) is 6.20 Å². The monoisotopic (exact) mass is 333 g/mol. The third kappa shape index (κ3) is 2.91. The fourth-order valence-corrected chi connectivity index (χ4v) is 4.10. The first kappa shape index (κ1) is 15.6. The second-order valence-corrected chi connectivity index (χ2v) is 6.97. The number of rotatable bonds is 3. The quantitative estimate of drug-likeness (QED) is 0.844. The average molecular weight is 333 g/mol. The molecular weight excluding hydrogens is 309 g/mol. The molecule has 3 saturated heterocycles. The second-order valence-electron chi connectivity index (χ2n) is 6.97. The first-order valence-corrected chi connectivity index (χ1v) is 9.04. The van der Waals surface area contributed by atoms with Gasteiger partial charge in [-0.3, -0.25) is 4.79 Å². The molecule has 1 amide bonds. The standard InChI is InChI=1S/C17H24FN5O/c18-14-11-19-17(20-16(14)21-7-1-2-8-21)22-9-3-5-13(12-22)23-10-4-6-15(23)24/h11,13H,1-10,12H2. The maximum absolute atomic E-state index is 14.1. The molecule has 1 aromatic heterocycles. The zero-order valence-electron chi connectivity index (χ0n) is 14.0. The van der Waals surface area contributed by atoms with Crippen molar-refractivity contribution in [3.63, 3.8) is 0 Å². The summed E-state index contributed by atoms with van der Waals surface area (Å²) in [7, 11) is 0. The van der Waals surface area contributed by atoms with Gasteiger partial charge in [0.2, 0.25) is 11.9 Å². The zero-order chi connectivity index (χ0) is 16.5. The third-order valence-corrected chi connectivity index (χ3v) is 5.35. The van der Waals surface area contributed by atoms with Gasteiger partial charge in [-0.15, -0.1) is 0 Å². The highest BCUT2D eigenvalue weighted by atomic mass is 19.1. The number of carbonyl (C=O) groups is 1. The van der Waals surface area contributed by atoms with Crippen molar-refractivity contribution in [3.8, 4) is 0 Å². The maximum atomic E-state index is 14.1. The summed E-state index contributed by atoms with van der Waals surface area (Å²) in [5.41, 5.74) is 0. The highest BCUT2D eigenvalue weighted by molar-refractivity contribution is 5.78. The van der Waals surface area contributed by atoms with Crippen LogP contribution in [0.25, 0.3) is 0 Å². The van der Waals surface area contributed by atoms with Crippen LogP contribution in [0, 0.1) is 5.82 Å². The minimum absolute atomic E-state index is 0.234. The van der Waals surface area contributed by atoms with Crippen molar-refractivity contribution >= 4 is 17.7 Å². The number of hydrogen-bond donors (Lipinski definition) is 0. The summed E-state index contributed by atoms with van der Waals surface area (Å²) < 4.78 is 14.1. The van der Waals surface area contributed by atoms with Gasteiger partial charge in [0, 0.05) is 45.2 Å². The van der Waals surface area contributed by atoms with E-state index >= 15 is 0 Å². The van der Waals surface area contributed by atoms with Gasteiger partial charge in [0.15, 0.2) is 11.6 Å². The van der Waals surface area contributed by atoms with Crippen LogP contribution in [0.4, 0.5) is 16.2 Å². The predicted molar refractivity (Wildman–Crippen MR) is 89.6 cm³/mol. The highest BCUT2D eigenvalue weighted by Gasteiger charge is 2.32. The molecule has 0 aromatic carbocycles. The molecule has 130 valence electrons. The molecule has 1 aromatic rings. The SMILES string of the molecule is O=C1CCCN1C1CCCN(c2ncc(F)c(N3CCCC3)n2)C1. The zero-order valence-corrected chi connectivity index (χ0v) is 14.0. The Morgan fingerprint density at radius 1 is 1.04 bits per heavy atom. The van der Waals surface area contributed by atoms with Crippen molar-refractivity contribution < 1.29 is 9.18 Å². The molecule has 0 N–H and O–H groups in total. The van der Waals surface area contributed by atoms with E-state index in [9.17, 15) is 9.18 Å². The number of piperidine rings is 1. The number of hydrogen-bond acceptors (Lipinski definition) is 5. The topological polar surface area (TPSA) is 52.6 Å². The molecule has 7 heteroatoms. The van der Waals surface area contributed by atoms with Crippen LogP contribution in [-0.2, 0) is 4.79 Å². The van der Waals surface area contributed by atoms with Crippen LogP contribution in [0.15, 0.2) is 6.20 Å². The van der Waals surface area contributed by atoms with Gasteiger partial charge < -0.3 is 14.7 Å². The van der Waals surface area contributed by atoms with Crippen molar-refractivity contribution in [1.29, 1.82) is 0 Å². The van der Waals surface area contributed by atoms with Crippen molar-refractivity contribution in [3.05, 3.63) is 12.0 Å². The molecule has 0 saturated carbocycles. The molecule has 24 heavy (non-hydrogen) atoms. The summed E-state index contributed by atoms with van der Waals surface area (Å²) in [4.78, 5) is 26.9. The van der Waals surface area contributed by atoms with E-state index in [0.717, 1.165) is 64.8 Å². The fraction of sp³-hybridized carbons (Fsp3) is 0.706. The first-order chi connectivity index (χ1) is 11.7. The van der Waals surface area contributed by atoms with Crippen molar-refractivity contribution in [2.75, 3.05) is 42.5 Å². The van der Waals surface area contributed by atoms with Crippen molar-refractivity contribution in [2.45, 2.75) is 44.6 Å². The molecule has 0 radical (unpaired) electrons. The number of likely N-dealkylation sites (tertiary alicyclic amines) is 1. The first-order valence-electron chi connectivity index (χ1n) is 9.04. The summed E-state index contributed by atoms with van der Waals surface area (Å²) in [6.45, 7) is 4.19. The molecule has 4 rings (SSSR count). The maximum Gasteiger partial charge on any atom is 0.227 e.